The second kappa shape index (κ2) is 21.1. The van der Waals surface area contributed by atoms with Gasteiger partial charge < -0.3 is 43.6 Å². The van der Waals surface area contributed by atoms with Crippen molar-refractivity contribution in [3.63, 3.8) is 0 Å². The number of amides is 3. The molecule has 3 aromatic heterocycles. The number of rotatable bonds is 13. The number of ketones is 1. The van der Waals surface area contributed by atoms with Gasteiger partial charge in [0.25, 0.3) is 17.7 Å². The number of hydrogen-bond donors (Lipinski definition) is 2. The highest BCUT2D eigenvalue weighted by molar-refractivity contribution is 7.14. The van der Waals surface area contributed by atoms with E-state index in [1.54, 1.807) is 18.9 Å². The number of carbonyl (C=O) groups is 4. The molecule has 0 saturated carbocycles. The Morgan fingerprint density at radius 1 is 0.770 bits per heavy atom. The second-order valence-corrected chi connectivity index (χ2v) is 19.7. The summed E-state index contributed by atoms with van der Waals surface area (Å²) in [7, 11) is 0. The molecule has 74 heavy (non-hydrogen) atoms. The van der Waals surface area contributed by atoms with Gasteiger partial charge in [-0.25, -0.2) is 17.6 Å². The summed E-state index contributed by atoms with van der Waals surface area (Å²) >= 11 is 1.07. The summed E-state index contributed by atoms with van der Waals surface area (Å²) in [6, 6.07) is 14.4. The van der Waals surface area contributed by atoms with Gasteiger partial charge in [0.2, 0.25) is 10.9 Å². The van der Waals surface area contributed by atoms with Crippen LogP contribution in [0, 0.1) is 23.3 Å². The van der Waals surface area contributed by atoms with E-state index >= 15 is 0 Å². The van der Waals surface area contributed by atoms with Gasteiger partial charge in [-0.05, 0) is 56.5 Å². The molecule has 386 valence electrons. The molecule has 0 saturated heterocycles. The minimum Gasteiger partial charge on any atom is -0.503 e. The fourth-order valence-corrected chi connectivity index (χ4v) is 10.4. The summed E-state index contributed by atoms with van der Waals surface area (Å²) in [5, 5.41) is 22.0. The van der Waals surface area contributed by atoms with Crippen LogP contribution in [0.15, 0.2) is 76.3 Å². The molecule has 2 N–H and O–H groups in total. The maximum absolute atomic E-state index is 14.0. The number of hydrogen-bond acceptors (Lipinski definition) is 13. The molecule has 4 aliphatic rings. The van der Waals surface area contributed by atoms with E-state index in [2.05, 4.69) is 15.5 Å². The van der Waals surface area contributed by atoms with Crippen LogP contribution in [0.2, 0.25) is 0 Å². The highest BCUT2D eigenvalue weighted by Gasteiger charge is 2.43. The summed E-state index contributed by atoms with van der Waals surface area (Å²) < 4.78 is 75.2. The van der Waals surface area contributed by atoms with Crippen molar-refractivity contribution >= 4 is 34.8 Å². The predicted molar refractivity (Wildman–Crippen MR) is 259 cm³/mol. The first-order valence-corrected chi connectivity index (χ1v) is 24.5. The molecule has 4 aliphatic heterocycles. The first-order valence-electron chi connectivity index (χ1n) is 23.7. The van der Waals surface area contributed by atoms with Crippen molar-refractivity contribution in [2.24, 2.45) is 0 Å². The molecule has 0 fully saturated rings. The Balaban J connectivity index is 0.000000186. The minimum atomic E-state index is -0.870. The van der Waals surface area contributed by atoms with Gasteiger partial charge in [-0.15, -0.1) is 10.2 Å². The monoisotopic (exact) mass is 1040 g/mol. The lowest BCUT2D eigenvalue weighted by Gasteiger charge is -2.42. The van der Waals surface area contributed by atoms with E-state index in [1.807, 2.05) is 58.0 Å². The molecular weight excluding hydrogens is 991 g/mol. The molecule has 2 atom stereocenters. The Morgan fingerprint density at radius 2 is 1.35 bits per heavy atom. The topological polar surface area (TPSA) is 204 Å². The Kier molecular flexibility index (Phi) is 14.7. The Labute approximate surface area is 423 Å². The fraction of sp³-hybridized carbons (Fsp3) is 0.346. The van der Waals surface area contributed by atoms with Crippen LogP contribution >= 0.6 is 11.3 Å². The smallest absolute Gasteiger partial charge is 0.274 e. The number of nitrogens with one attached hydrogen (secondary N) is 1. The fourth-order valence-electron chi connectivity index (χ4n) is 9.50. The molecule has 0 unspecified atom stereocenters. The minimum absolute atomic E-state index is 0.0126. The lowest BCUT2D eigenvalue weighted by Crippen LogP contribution is -2.52. The quantitative estimate of drug-likeness (QED) is 0.127. The van der Waals surface area contributed by atoms with Crippen LogP contribution in [-0.2, 0) is 46.9 Å². The maximum atomic E-state index is 14.0. The van der Waals surface area contributed by atoms with Gasteiger partial charge in [-0.2, -0.15) is 0 Å². The molecule has 3 amide bonds. The molecule has 0 bridgehead atoms. The number of ether oxygens (including phenoxy) is 3. The largest absolute Gasteiger partial charge is 0.503 e. The summed E-state index contributed by atoms with van der Waals surface area (Å²) in [5.41, 5.74) is 0.00660. The van der Waals surface area contributed by atoms with Crippen molar-refractivity contribution < 1.29 is 56.1 Å². The van der Waals surface area contributed by atoms with Crippen molar-refractivity contribution in [2.75, 3.05) is 32.8 Å². The maximum Gasteiger partial charge on any atom is 0.274 e. The van der Waals surface area contributed by atoms with Crippen molar-refractivity contribution in [3.05, 3.63) is 160 Å². The van der Waals surface area contributed by atoms with Crippen LogP contribution in [0.4, 0.5) is 17.6 Å². The third kappa shape index (κ3) is 9.95. The van der Waals surface area contributed by atoms with E-state index in [9.17, 15) is 51.4 Å². The summed E-state index contributed by atoms with van der Waals surface area (Å²) in [6.45, 7) is 8.27. The van der Waals surface area contributed by atoms with Gasteiger partial charge in [0.15, 0.2) is 33.7 Å². The number of nitrogens with zero attached hydrogens (tertiary/aromatic N) is 6. The van der Waals surface area contributed by atoms with Crippen molar-refractivity contribution in [1.82, 2.24) is 34.4 Å². The first kappa shape index (κ1) is 51.3. The van der Waals surface area contributed by atoms with Crippen LogP contribution < -0.4 is 20.9 Å². The molecule has 17 nitrogen and oxygen atoms in total. The van der Waals surface area contributed by atoms with Gasteiger partial charge in [0.05, 0.1) is 62.0 Å². The first-order chi connectivity index (χ1) is 35.4. The summed E-state index contributed by atoms with van der Waals surface area (Å²) in [6.07, 6.45) is -0.309. The zero-order valence-corrected chi connectivity index (χ0v) is 41.3. The van der Waals surface area contributed by atoms with Crippen LogP contribution in [-0.4, -0.2) is 103 Å². The van der Waals surface area contributed by atoms with Crippen LogP contribution in [0.3, 0.4) is 0 Å². The Bertz CT molecular complexity index is 3350. The van der Waals surface area contributed by atoms with Gasteiger partial charge in [-0.1, -0.05) is 53.8 Å². The molecule has 0 aliphatic carbocycles. The van der Waals surface area contributed by atoms with Crippen LogP contribution in [0.5, 0.6) is 11.5 Å². The summed E-state index contributed by atoms with van der Waals surface area (Å²) in [5.74, 6) is -6.07. The number of benzene rings is 3. The number of carbonyl (C=O) groups excluding carboxylic acids is 4. The van der Waals surface area contributed by atoms with Gasteiger partial charge in [0.1, 0.15) is 40.4 Å². The van der Waals surface area contributed by atoms with E-state index in [0.29, 0.717) is 36.5 Å². The Hall–Kier alpha value is -7.56. The van der Waals surface area contributed by atoms with Gasteiger partial charge in [-0.3, -0.25) is 28.8 Å². The molecule has 10 rings (SSSR count). The third-order valence-corrected chi connectivity index (χ3v) is 14.1. The number of aromatic hydroxyl groups is 1. The molecular formula is C52H49F4N7O10S. The van der Waals surface area contributed by atoms with Crippen LogP contribution in [0.1, 0.15) is 104 Å². The lowest BCUT2D eigenvalue weighted by molar-refractivity contribution is -0.117. The van der Waals surface area contributed by atoms with Crippen molar-refractivity contribution in [1.29, 1.82) is 0 Å². The lowest BCUT2D eigenvalue weighted by atomic mass is 10.0. The normalized spacial score (nSPS) is 16.7. The number of aromatic nitrogens is 4. The van der Waals surface area contributed by atoms with Crippen LogP contribution in [0.25, 0.3) is 10.6 Å². The van der Waals surface area contributed by atoms with E-state index in [4.69, 9.17) is 14.2 Å². The average molecular weight is 1040 g/mol. The molecule has 0 spiro atoms. The average Bonchev–Trinajstić information content (AvgIpc) is 3.83. The summed E-state index contributed by atoms with van der Waals surface area (Å²) in [4.78, 5) is 82.9. The van der Waals surface area contributed by atoms with E-state index in [-0.39, 0.29) is 119 Å². The number of Topliss-reactive ketones (excluding diaryl/α,β-unsaturated/α-hetero) is 1. The molecule has 7 heterocycles. The van der Waals surface area contributed by atoms with E-state index in [0.717, 1.165) is 41.2 Å². The molecule has 0 radical (unpaired) electrons. The zero-order valence-electron chi connectivity index (χ0n) is 40.5. The Morgan fingerprint density at radius 3 is 1.96 bits per heavy atom. The second-order valence-electron chi connectivity index (χ2n) is 18.7. The molecule has 6 aromatic rings. The van der Waals surface area contributed by atoms with Gasteiger partial charge in [0, 0.05) is 50.1 Å². The van der Waals surface area contributed by atoms with Crippen molar-refractivity contribution in [3.8, 4) is 22.1 Å². The highest BCUT2D eigenvalue weighted by atomic mass is 32.1. The third-order valence-electron chi connectivity index (χ3n) is 13.1. The number of halogens is 4. The van der Waals surface area contributed by atoms with E-state index in [1.165, 1.54) is 6.07 Å². The standard InChI is InChI=1S/C30H29F2N3O6.C22H20F2N4O4S/c1-17(2)34-13-21-15-40-16-24-25(29(38)33-12-22(36)10-19-8-9-20(31)11-23(19)32)27(37)28(26(30(34)39)35(21)24)41-14-18-6-4-3-5-7-18;1-10(2)27-7-13-8-32-9-15-17(19(29)20(30)18(22(27)31)28(13)15)21-26-25-16(33-21)5-11-3-4-12(23)6-14(11)24/h3-9,11,17,21H,10,12-16H2,1-2H3,(H,33,38);3-4,6,10,13,30H,5,7-9H2,1-2H3/t21-;13-/m11/s1. The molecule has 3 aromatic carbocycles. The highest BCUT2D eigenvalue weighted by Crippen LogP contribution is 2.38. The zero-order chi connectivity index (χ0) is 52.7. The SMILES string of the molecule is CC(C)N1C[C@@H]2COCc3c(-c4nnc(Cc5ccc(F)cc5F)s4)c(=O)c(O)c(n32)C1=O.CC(C)N1C[C@@H]2COCc3c(C(=O)NCC(=O)Cc4ccc(F)cc4F)c(=O)c(OCc4ccccc4)c(n32)C1=O. The molecule has 22 heteroatoms. The van der Waals surface area contributed by atoms with Gasteiger partial charge >= 0.3 is 0 Å². The number of pyridine rings is 2. The van der Waals surface area contributed by atoms with E-state index < -0.39 is 64.0 Å². The van der Waals surface area contributed by atoms with Crippen molar-refractivity contribution in [2.45, 2.75) is 84.5 Å². The predicted octanol–water partition coefficient (Wildman–Crippen LogP) is 6.06.